The number of carboxylic acids is 1. The Morgan fingerprint density at radius 3 is 2.21 bits per heavy atom. The molecule has 0 saturated heterocycles. The lowest BCUT2D eigenvalue weighted by molar-refractivity contribution is 0.0692. The van der Waals surface area contributed by atoms with E-state index in [9.17, 15) is 19.5 Å². The molecule has 3 aromatic rings. The van der Waals surface area contributed by atoms with Gasteiger partial charge in [-0.1, -0.05) is 59.2 Å². The molecule has 7 heteroatoms. The largest absolute Gasteiger partial charge is 0.478 e. The molecule has 0 bridgehead atoms. The molecule has 0 aromatic heterocycles. The third kappa shape index (κ3) is 3.02. The molecule has 0 heterocycles. The maximum Gasteiger partial charge on any atom is 0.336 e. The van der Waals surface area contributed by atoms with Gasteiger partial charge in [-0.3, -0.25) is 9.59 Å². The van der Waals surface area contributed by atoms with E-state index in [1.165, 1.54) is 12.1 Å². The van der Waals surface area contributed by atoms with Crippen LogP contribution in [0, 0.1) is 0 Å². The molecule has 1 aliphatic rings. The normalized spacial score (nSPS) is 12.5. The number of benzene rings is 3. The fourth-order valence-corrected chi connectivity index (χ4v) is 4.71. The molecule has 0 amide bonds. The molecule has 28 heavy (non-hydrogen) atoms. The van der Waals surface area contributed by atoms with E-state index in [4.69, 9.17) is 23.2 Å². The van der Waals surface area contributed by atoms with E-state index in [1.807, 2.05) is 0 Å². The smallest absolute Gasteiger partial charge is 0.336 e. The van der Waals surface area contributed by atoms with Crippen LogP contribution in [0.2, 0.25) is 10.0 Å². The fourth-order valence-electron chi connectivity index (χ4n) is 3.10. The molecule has 1 aliphatic carbocycles. The lowest BCUT2D eigenvalue weighted by Crippen LogP contribution is -2.22. The molecular formula is C21H10Cl2O4S. The van der Waals surface area contributed by atoms with Gasteiger partial charge in [0.1, 0.15) is 0 Å². The number of fused-ring (bicyclic) bond motifs is 2. The molecule has 1 N–H and O–H groups in total. The number of rotatable bonds is 3. The van der Waals surface area contributed by atoms with E-state index >= 15 is 0 Å². The Bertz CT molecular complexity index is 1190. The van der Waals surface area contributed by atoms with Crippen molar-refractivity contribution in [1.29, 1.82) is 0 Å². The van der Waals surface area contributed by atoms with Crippen LogP contribution in [0.25, 0.3) is 0 Å². The molecule has 0 radical (unpaired) electrons. The Labute approximate surface area is 174 Å². The first kappa shape index (κ1) is 18.7. The minimum atomic E-state index is -1.21. The lowest BCUT2D eigenvalue weighted by atomic mass is 9.83. The zero-order valence-corrected chi connectivity index (χ0v) is 16.4. The van der Waals surface area contributed by atoms with Crippen molar-refractivity contribution in [1.82, 2.24) is 0 Å². The number of halogens is 2. The average Bonchev–Trinajstić information content (AvgIpc) is 2.68. The topological polar surface area (TPSA) is 71.4 Å². The Morgan fingerprint density at radius 1 is 0.857 bits per heavy atom. The quantitative estimate of drug-likeness (QED) is 0.458. The molecule has 4 nitrogen and oxygen atoms in total. The Morgan fingerprint density at radius 2 is 1.54 bits per heavy atom. The zero-order valence-electron chi connectivity index (χ0n) is 14.0. The van der Waals surface area contributed by atoms with E-state index in [0.717, 1.165) is 11.8 Å². The first-order chi connectivity index (χ1) is 13.4. The standard InChI is InChI=1S/C21H10Cl2O4S/c22-10-5-8-15(23)16(9-10)28-20-14(21(26)27)7-6-13-17(20)19(25)12-4-2-1-3-11(12)18(13)24/h1-9H,(H,26,27). The summed E-state index contributed by atoms with van der Waals surface area (Å²) in [4.78, 5) is 38.6. The van der Waals surface area contributed by atoms with Gasteiger partial charge in [0.25, 0.3) is 0 Å². The van der Waals surface area contributed by atoms with Crippen LogP contribution in [0.1, 0.15) is 42.2 Å². The number of ketones is 2. The van der Waals surface area contributed by atoms with Gasteiger partial charge >= 0.3 is 5.97 Å². The minimum absolute atomic E-state index is 0.0737. The monoisotopic (exact) mass is 428 g/mol. The van der Waals surface area contributed by atoms with Crippen LogP contribution < -0.4 is 0 Å². The summed E-state index contributed by atoms with van der Waals surface area (Å²) in [7, 11) is 0. The van der Waals surface area contributed by atoms with E-state index in [1.54, 1.807) is 42.5 Å². The van der Waals surface area contributed by atoms with Crippen LogP contribution in [0.4, 0.5) is 0 Å². The second-order valence-electron chi connectivity index (χ2n) is 6.05. The van der Waals surface area contributed by atoms with Gasteiger partial charge in [-0.25, -0.2) is 4.79 Å². The lowest BCUT2D eigenvalue weighted by Gasteiger charge is -2.21. The van der Waals surface area contributed by atoms with Crippen molar-refractivity contribution in [3.8, 4) is 0 Å². The van der Waals surface area contributed by atoms with Crippen molar-refractivity contribution in [2.75, 3.05) is 0 Å². The SMILES string of the molecule is O=C(O)c1ccc2c(c1Sc1cc(Cl)ccc1Cl)C(=O)c1ccccc1C2=O. The highest BCUT2D eigenvalue weighted by molar-refractivity contribution is 7.99. The van der Waals surface area contributed by atoms with Gasteiger partial charge < -0.3 is 5.11 Å². The fraction of sp³-hybridized carbons (Fsp3) is 0. The predicted molar refractivity (Wildman–Crippen MR) is 107 cm³/mol. The first-order valence-electron chi connectivity index (χ1n) is 8.10. The van der Waals surface area contributed by atoms with Gasteiger partial charge in [0.2, 0.25) is 0 Å². The third-order valence-electron chi connectivity index (χ3n) is 4.38. The highest BCUT2D eigenvalue weighted by Crippen LogP contribution is 2.42. The second kappa shape index (κ2) is 7.09. The van der Waals surface area contributed by atoms with Gasteiger partial charge in [0.15, 0.2) is 11.6 Å². The first-order valence-corrected chi connectivity index (χ1v) is 9.67. The molecule has 0 unspecified atom stereocenters. The molecule has 3 aromatic carbocycles. The van der Waals surface area contributed by atoms with Crippen molar-refractivity contribution >= 4 is 52.5 Å². The van der Waals surface area contributed by atoms with E-state index in [0.29, 0.717) is 20.5 Å². The highest BCUT2D eigenvalue weighted by atomic mass is 35.5. The summed E-state index contributed by atoms with van der Waals surface area (Å²) in [5, 5.41) is 10.4. The number of carbonyl (C=O) groups excluding carboxylic acids is 2. The van der Waals surface area contributed by atoms with E-state index in [-0.39, 0.29) is 32.9 Å². The number of aromatic carboxylic acids is 1. The molecule has 0 aliphatic heterocycles. The molecule has 0 spiro atoms. The minimum Gasteiger partial charge on any atom is -0.478 e. The van der Waals surface area contributed by atoms with Crippen LogP contribution in [-0.4, -0.2) is 22.6 Å². The third-order valence-corrected chi connectivity index (χ3v) is 6.24. The van der Waals surface area contributed by atoms with Gasteiger partial charge in [-0.05, 0) is 30.3 Å². The molecule has 0 atom stereocenters. The molecule has 0 saturated carbocycles. The highest BCUT2D eigenvalue weighted by Gasteiger charge is 2.34. The van der Waals surface area contributed by atoms with Gasteiger partial charge in [0.05, 0.1) is 10.6 Å². The zero-order chi connectivity index (χ0) is 20.0. The van der Waals surface area contributed by atoms with Crippen LogP contribution in [0.15, 0.2) is 64.4 Å². The summed E-state index contributed by atoms with van der Waals surface area (Å²) in [6, 6.07) is 14.0. The van der Waals surface area contributed by atoms with Gasteiger partial charge in [0, 0.05) is 37.1 Å². The Hall–Kier alpha value is -2.60. The van der Waals surface area contributed by atoms with Crippen LogP contribution in [0.5, 0.6) is 0 Å². The van der Waals surface area contributed by atoms with E-state index in [2.05, 4.69) is 0 Å². The van der Waals surface area contributed by atoms with Crippen molar-refractivity contribution in [2.45, 2.75) is 9.79 Å². The number of carbonyl (C=O) groups is 3. The summed E-state index contributed by atoms with van der Waals surface area (Å²) < 4.78 is 0. The maximum absolute atomic E-state index is 13.2. The Kier molecular flexibility index (Phi) is 4.75. The average molecular weight is 429 g/mol. The number of hydrogen-bond acceptors (Lipinski definition) is 4. The van der Waals surface area contributed by atoms with Crippen LogP contribution in [-0.2, 0) is 0 Å². The summed E-state index contributed by atoms with van der Waals surface area (Å²) >= 11 is 13.3. The van der Waals surface area contributed by atoms with Crippen molar-refractivity contribution in [3.05, 3.63) is 92.5 Å². The maximum atomic E-state index is 13.2. The summed E-state index contributed by atoms with van der Waals surface area (Å²) in [5.41, 5.74) is 0.723. The molecule has 4 rings (SSSR count). The van der Waals surface area contributed by atoms with Gasteiger partial charge in [-0.15, -0.1) is 0 Å². The summed E-state index contributed by atoms with van der Waals surface area (Å²) in [5.74, 6) is -1.92. The van der Waals surface area contributed by atoms with Crippen molar-refractivity contribution in [2.24, 2.45) is 0 Å². The van der Waals surface area contributed by atoms with Crippen LogP contribution in [0.3, 0.4) is 0 Å². The Balaban J connectivity index is 1.98. The number of carboxylic acid groups (broad SMARTS) is 1. The summed E-state index contributed by atoms with van der Waals surface area (Å²) in [6.45, 7) is 0. The number of hydrogen-bond donors (Lipinski definition) is 1. The molecule has 138 valence electrons. The molecule has 0 fully saturated rings. The van der Waals surface area contributed by atoms with Gasteiger partial charge in [-0.2, -0.15) is 0 Å². The van der Waals surface area contributed by atoms with Crippen LogP contribution >= 0.6 is 35.0 Å². The van der Waals surface area contributed by atoms with Crippen molar-refractivity contribution < 1.29 is 19.5 Å². The molecular weight excluding hydrogens is 419 g/mol. The van der Waals surface area contributed by atoms with Crippen molar-refractivity contribution in [3.63, 3.8) is 0 Å². The predicted octanol–water partition coefficient (Wildman–Crippen LogP) is 5.62. The summed E-state index contributed by atoms with van der Waals surface area (Å²) in [6.07, 6.45) is 0. The second-order valence-corrected chi connectivity index (χ2v) is 7.95. The van der Waals surface area contributed by atoms with E-state index < -0.39 is 11.8 Å².